The van der Waals surface area contributed by atoms with Crippen LogP contribution in [0.3, 0.4) is 0 Å². The average Bonchev–Trinajstić information content (AvgIpc) is 2.37. The lowest BCUT2D eigenvalue weighted by molar-refractivity contribution is -0.136. The molecule has 0 amide bonds. The summed E-state index contributed by atoms with van der Waals surface area (Å²) in [6, 6.07) is 6.08. The summed E-state index contributed by atoms with van der Waals surface area (Å²) in [5, 5.41) is 10.9. The zero-order chi connectivity index (χ0) is 15.1. The Kier molecular flexibility index (Phi) is 3.88. The van der Waals surface area contributed by atoms with Crippen molar-refractivity contribution < 1.29 is 9.90 Å². The zero-order valence-corrected chi connectivity index (χ0v) is 13.0. The van der Waals surface area contributed by atoms with E-state index in [-0.39, 0.29) is 11.7 Å². The smallest absolute Gasteiger partial charge is 0.166 e. The van der Waals surface area contributed by atoms with Crippen LogP contribution in [0.25, 0.3) is 5.57 Å². The van der Waals surface area contributed by atoms with E-state index in [1.165, 1.54) is 12.5 Å². The fourth-order valence-electron chi connectivity index (χ4n) is 3.09. The van der Waals surface area contributed by atoms with Crippen molar-refractivity contribution in [1.82, 2.24) is 0 Å². The quantitative estimate of drug-likeness (QED) is 0.902. The van der Waals surface area contributed by atoms with E-state index in [0.717, 1.165) is 16.7 Å². The first-order chi connectivity index (χ1) is 9.29. The Morgan fingerprint density at radius 3 is 2.35 bits per heavy atom. The van der Waals surface area contributed by atoms with E-state index >= 15 is 0 Å². The first-order valence-electron chi connectivity index (χ1n) is 7.36. The monoisotopic (exact) mass is 272 g/mol. The number of hydrogen-bond acceptors (Lipinski definition) is 2. The van der Waals surface area contributed by atoms with Crippen LogP contribution >= 0.6 is 0 Å². The van der Waals surface area contributed by atoms with Crippen molar-refractivity contribution in [2.75, 3.05) is 0 Å². The summed E-state index contributed by atoms with van der Waals surface area (Å²) in [6.45, 7) is 9.98. The number of rotatable bonds is 3. The predicted octanol–water partition coefficient (Wildman–Crippen LogP) is 4.03. The third kappa shape index (κ3) is 2.22. The van der Waals surface area contributed by atoms with E-state index in [1.54, 1.807) is 0 Å². The minimum absolute atomic E-state index is 0.175. The number of benzene rings is 1. The molecule has 1 atom stereocenters. The Hall–Kier alpha value is -1.41. The van der Waals surface area contributed by atoms with Gasteiger partial charge in [-0.3, -0.25) is 4.79 Å². The highest BCUT2D eigenvalue weighted by Gasteiger charge is 2.41. The fourth-order valence-corrected chi connectivity index (χ4v) is 3.09. The molecule has 108 valence electrons. The van der Waals surface area contributed by atoms with E-state index in [2.05, 4.69) is 27.7 Å². The molecule has 2 rings (SSSR count). The molecule has 0 bridgehead atoms. The van der Waals surface area contributed by atoms with Crippen LogP contribution in [-0.4, -0.2) is 10.9 Å². The second-order valence-corrected chi connectivity index (χ2v) is 6.36. The molecule has 0 saturated carbocycles. The van der Waals surface area contributed by atoms with Gasteiger partial charge >= 0.3 is 0 Å². The number of carbonyl (C=O) groups is 1. The molecule has 20 heavy (non-hydrogen) atoms. The van der Waals surface area contributed by atoms with Crippen molar-refractivity contribution in [1.29, 1.82) is 0 Å². The van der Waals surface area contributed by atoms with Crippen LogP contribution in [0.2, 0.25) is 0 Å². The van der Waals surface area contributed by atoms with Gasteiger partial charge < -0.3 is 5.11 Å². The Morgan fingerprint density at radius 1 is 1.20 bits per heavy atom. The Morgan fingerprint density at radius 2 is 1.85 bits per heavy atom. The molecular formula is C18H24O2. The molecule has 0 saturated heterocycles. The van der Waals surface area contributed by atoms with Crippen molar-refractivity contribution in [3.8, 4) is 0 Å². The van der Waals surface area contributed by atoms with Gasteiger partial charge in [0.1, 0.15) is 0 Å². The predicted molar refractivity (Wildman–Crippen MR) is 82.5 cm³/mol. The van der Waals surface area contributed by atoms with Gasteiger partial charge in [0.2, 0.25) is 0 Å². The summed E-state index contributed by atoms with van der Waals surface area (Å²) >= 11 is 0. The summed E-state index contributed by atoms with van der Waals surface area (Å²) in [6.07, 6.45) is 2.41. The number of ketones is 1. The Labute approximate surface area is 121 Å². The number of fused-ring (bicyclic) bond motifs is 1. The van der Waals surface area contributed by atoms with Crippen molar-refractivity contribution >= 4 is 11.4 Å². The Balaban J connectivity index is 2.77. The molecular weight excluding hydrogens is 248 g/mol. The van der Waals surface area contributed by atoms with Crippen molar-refractivity contribution in [3.05, 3.63) is 41.0 Å². The molecule has 2 heteroatoms. The molecule has 1 aromatic carbocycles. The van der Waals surface area contributed by atoms with Crippen LogP contribution in [0.1, 0.15) is 63.6 Å². The van der Waals surface area contributed by atoms with Crippen LogP contribution in [-0.2, 0) is 10.4 Å². The molecule has 0 spiro atoms. The van der Waals surface area contributed by atoms with Crippen molar-refractivity contribution in [3.63, 3.8) is 0 Å². The third-order valence-electron chi connectivity index (χ3n) is 4.27. The van der Waals surface area contributed by atoms with Gasteiger partial charge in [-0.2, -0.15) is 0 Å². The van der Waals surface area contributed by atoms with E-state index < -0.39 is 5.60 Å². The topological polar surface area (TPSA) is 37.3 Å². The van der Waals surface area contributed by atoms with Crippen LogP contribution in [0.4, 0.5) is 0 Å². The molecule has 0 heterocycles. The summed E-state index contributed by atoms with van der Waals surface area (Å²) in [5.74, 6) is 0.487. The lowest BCUT2D eigenvalue weighted by atomic mass is 9.71. The minimum atomic E-state index is -1.37. The number of hydrogen-bond donors (Lipinski definition) is 1. The molecule has 1 unspecified atom stereocenters. The van der Waals surface area contributed by atoms with Gasteiger partial charge in [-0.05, 0) is 35.5 Å². The molecule has 0 fully saturated rings. The van der Waals surface area contributed by atoms with Crippen molar-refractivity contribution in [2.45, 2.75) is 52.6 Å². The first kappa shape index (κ1) is 15.0. The number of Topliss-reactive ketones (excluding diaryl/α,β-unsaturated/α-hetero) is 1. The average molecular weight is 272 g/mol. The summed E-state index contributed by atoms with van der Waals surface area (Å²) in [7, 11) is 0. The van der Waals surface area contributed by atoms with Gasteiger partial charge in [0.15, 0.2) is 11.4 Å². The standard InChI is InChI=1S/C18H24O2/c1-11(2)14-9-10-18(20,13(5)19)17-15(12(3)4)7-6-8-16(14)17/h6-9,11-12,20H,10H2,1-5H3. The summed E-state index contributed by atoms with van der Waals surface area (Å²) < 4.78 is 0. The van der Waals surface area contributed by atoms with Gasteiger partial charge in [-0.1, -0.05) is 52.0 Å². The van der Waals surface area contributed by atoms with Gasteiger partial charge in [0.05, 0.1) is 0 Å². The molecule has 0 aromatic heterocycles. The second-order valence-electron chi connectivity index (χ2n) is 6.36. The highest BCUT2D eigenvalue weighted by Crippen LogP contribution is 2.44. The zero-order valence-electron chi connectivity index (χ0n) is 13.0. The maximum Gasteiger partial charge on any atom is 0.166 e. The maximum atomic E-state index is 12.1. The van der Waals surface area contributed by atoms with Crippen LogP contribution in [0.5, 0.6) is 0 Å². The highest BCUT2D eigenvalue weighted by molar-refractivity contribution is 5.91. The van der Waals surface area contributed by atoms with Gasteiger partial charge in [-0.15, -0.1) is 0 Å². The molecule has 0 aliphatic heterocycles. The molecule has 1 aromatic rings. The number of aliphatic hydroxyl groups is 1. The maximum absolute atomic E-state index is 12.1. The first-order valence-corrected chi connectivity index (χ1v) is 7.36. The van der Waals surface area contributed by atoms with E-state index in [0.29, 0.717) is 12.3 Å². The molecule has 1 aliphatic carbocycles. The minimum Gasteiger partial charge on any atom is -0.377 e. The summed E-state index contributed by atoms with van der Waals surface area (Å²) in [5.41, 5.74) is 2.80. The van der Waals surface area contributed by atoms with Crippen LogP contribution < -0.4 is 0 Å². The van der Waals surface area contributed by atoms with Crippen LogP contribution in [0.15, 0.2) is 24.3 Å². The lowest BCUT2D eigenvalue weighted by Crippen LogP contribution is -2.38. The van der Waals surface area contributed by atoms with Gasteiger partial charge in [-0.25, -0.2) is 0 Å². The molecule has 0 radical (unpaired) electrons. The summed E-state index contributed by atoms with van der Waals surface area (Å²) in [4.78, 5) is 12.1. The largest absolute Gasteiger partial charge is 0.377 e. The van der Waals surface area contributed by atoms with E-state index in [9.17, 15) is 9.90 Å². The molecule has 2 nitrogen and oxygen atoms in total. The third-order valence-corrected chi connectivity index (χ3v) is 4.27. The second kappa shape index (κ2) is 5.17. The molecule has 1 N–H and O–H groups in total. The lowest BCUT2D eigenvalue weighted by Gasteiger charge is -2.35. The van der Waals surface area contributed by atoms with E-state index in [1.807, 2.05) is 24.3 Å². The van der Waals surface area contributed by atoms with E-state index in [4.69, 9.17) is 0 Å². The highest BCUT2D eigenvalue weighted by atomic mass is 16.3. The number of allylic oxidation sites excluding steroid dienone is 1. The van der Waals surface area contributed by atoms with Crippen molar-refractivity contribution in [2.24, 2.45) is 5.92 Å². The van der Waals surface area contributed by atoms with Gasteiger partial charge in [0.25, 0.3) is 0 Å². The van der Waals surface area contributed by atoms with Gasteiger partial charge in [0, 0.05) is 12.0 Å². The number of carbonyl (C=O) groups excluding carboxylic acids is 1. The normalized spacial score (nSPS) is 21.9. The Bertz CT molecular complexity index is 567. The molecule has 1 aliphatic rings. The SMILES string of the molecule is CC(=O)C1(O)CC=C(C(C)C)c2cccc(C(C)C)c21. The van der Waals surface area contributed by atoms with Crippen LogP contribution in [0, 0.1) is 5.92 Å². The fraction of sp³-hybridized carbons (Fsp3) is 0.500.